The summed E-state index contributed by atoms with van der Waals surface area (Å²) >= 11 is 0. The molecule has 4 aliphatic carbocycles. The Labute approximate surface area is 120 Å². The molecule has 0 saturated heterocycles. The highest BCUT2D eigenvalue weighted by molar-refractivity contribution is 5.75. The molecule has 0 aromatic rings. The summed E-state index contributed by atoms with van der Waals surface area (Å²) in [6.07, 6.45) is 1.62. The third kappa shape index (κ3) is 0.550. The summed E-state index contributed by atoms with van der Waals surface area (Å²) in [4.78, 5) is 0. The maximum atomic E-state index is 9.53. The molecule has 0 aromatic heterocycles. The first-order valence-electron chi connectivity index (χ1n) is 6.51. The molecule has 4 rings (SSSR count). The Balaban J connectivity index is 2.03. The molecule has 96 valence electrons. The van der Waals surface area contributed by atoms with Crippen molar-refractivity contribution in [1.82, 2.24) is 0 Å². The molecular weight excluding hydrogens is 264 g/mol. The number of nitrogens with zero attached hydrogens (tertiary/aromatic N) is 6. The number of fused-ring (bicyclic) bond motifs is 3. The Bertz CT molecular complexity index is 801. The van der Waals surface area contributed by atoms with E-state index in [1.54, 1.807) is 0 Å². The van der Waals surface area contributed by atoms with Gasteiger partial charge in [-0.15, -0.1) is 0 Å². The smallest absolute Gasteiger partial charge is 0.185 e. The van der Waals surface area contributed by atoms with Crippen LogP contribution < -0.4 is 0 Å². The molecular formula is C15H6N6. The lowest BCUT2D eigenvalue weighted by molar-refractivity contribution is 0.557. The van der Waals surface area contributed by atoms with Crippen LogP contribution in [0.2, 0.25) is 0 Å². The van der Waals surface area contributed by atoms with Crippen molar-refractivity contribution in [2.75, 3.05) is 0 Å². The van der Waals surface area contributed by atoms with Crippen molar-refractivity contribution >= 4 is 0 Å². The summed E-state index contributed by atoms with van der Waals surface area (Å²) in [5.41, 5.74) is -7.11. The highest BCUT2D eigenvalue weighted by atomic mass is 15.2. The van der Waals surface area contributed by atoms with Crippen molar-refractivity contribution < 1.29 is 0 Å². The fourth-order valence-electron chi connectivity index (χ4n) is 6.01. The molecule has 0 aliphatic heterocycles. The monoisotopic (exact) mass is 270 g/mol. The summed E-state index contributed by atoms with van der Waals surface area (Å²) in [5.74, 6) is 0. The van der Waals surface area contributed by atoms with Crippen LogP contribution in [0, 0.1) is 100 Å². The molecule has 1 atom stereocenters. The van der Waals surface area contributed by atoms with Gasteiger partial charge in [-0.1, -0.05) is 0 Å². The molecule has 6 nitrogen and oxygen atoms in total. The summed E-state index contributed by atoms with van der Waals surface area (Å²) in [6, 6.07) is 11.6. The average Bonchev–Trinajstić information content (AvgIpc) is 3.43. The van der Waals surface area contributed by atoms with E-state index < -0.39 is 32.5 Å². The quantitative estimate of drug-likeness (QED) is 0.648. The highest BCUT2D eigenvalue weighted by Crippen LogP contribution is 3.17. The first kappa shape index (κ1) is 11.7. The van der Waals surface area contributed by atoms with Crippen LogP contribution in [0.25, 0.3) is 0 Å². The van der Waals surface area contributed by atoms with Gasteiger partial charge < -0.3 is 0 Å². The third-order valence-corrected chi connectivity index (χ3v) is 6.67. The third-order valence-electron chi connectivity index (χ3n) is 6.67. The van der Waals surface area contributed by atoms with E-state index in [0.29, 0.717) is 12.8 Å². The Morgan fingerprint density at radius 1 is 0.619 bits per heavy atom. The van der Waals surface area contributed by atoms with E-state index in [-0.39, 0.29) is 6.42 Å². The van der Waals surface area contributed by atoms with Crippen LogP contribution in [-0.2, 0) is 0 Å². The normalized spacial score (nSPS) is 36.9. The standard InChI is InChI=1S/C15H6N6/c16-4-10(5-17)3-14(10)11(1-2-11)15(14)12(6-18,7-19)13(15,8-20)9-21/h1-3H2. The van der Waals surface area contributed by atoms with Gasteiger partial charge in [0, 0.05) is 5.41 Å². The molecule has 0 radical (unpaired) electrons. The van der Waals surface area contributed by atoms with Crippen molar-refractivity contribution in [3.63, 3.8) is 0 Å². The van der Waals surface area contributed by atoms with E-state index in [1.165, 1.54) is 0 Å². The second kappa shape index (κ2) is 2.45. The van der Waals surface area contributed by atoms with Gasteiger partial charge in [0.2, 0.25) is 0 Å². The maximum Gasteiger partial charge on any atom is 0.185 e. The van der Waals surface area contributed by atoms with Gasteiger partial charge in [-0.3, -0.25) is 0 Å². The fraction of sp³-hybridized carbons (Fsp3) is 0.600. The summed E-state index contributed by atoms with van der Waals surface area (Å²) in [7, 11) is 0. The lowest BCUT2D eigenvalue weighted by atomic mass is 9.98. The van der Waals surface area contributed by atoms with Gasteiger partial charge in [0.1, 0.15) is 0 Å². The minimum atomic E-state index is -1.71. The molecule has 0 aromatic carbocycles. The molecule has 0 heterocycles. The first-order valence-corrected chi connectivity index (χ1v) is 6.51. The van der Waals surface area contributed by atoms with E-state index >= 15 is 0 Å². The number of rotatable bonds is 0. The van der Waals surface area contributed by atoms with Crippen molar-refractivity contribution in [2.45, 2.75) is 19.3 Å². The summed E-state index contributed by atoms with van der Waals surface area (Å²) in [5, 5.41) is 56.9. The average molecular weight is 270 g/mol. The van der Waals surface area contributed by atoms with E-state index in [0.717, 1.165) is 0 Å². The predicted octanol–water partition coefficient (Wildman–Crippen LogP) is 1.27. The lowest BCUT2D eigenvalue weighted by Crippen LogP contribution is -2.05. The molecule has 0 bridgehead atoms. The fourth-order valence-corrected chi connectivity index (χ4v) is 6.01. The van der Waals surface area contributed by atoms with Gasteiger partial charge in [0.25, 0.3) is 0 Å². The zero-order valence-electron chi connectivity index (χ0n) is 10.8. The van der Waals surface area contributed by atoms with Crippen molar-refractivity contribution in [1.29, 1.82) is 31.6 Å². The largest absolute Gasteiger partial charge is 0.197 e. The van der Waals surface area contributed by atoms with E-state index in [9.17, 15) is 31.6 Å². The molecule has 4 fully saturated rings. The van der Waals surface area contributed by atoms with Gasteiger partial charge in [-0.2, -0.15) is 31.6 Å². The topological polar surface area (TPSA) is 143 Å². The first-order chi connectivity index (χ1) is 10.0. The van der Waals surface area contributed by atoms with Crippen molar-refractivity contribution in [2.24, 2.45) is 32.5 Å². The van der Waals surface area contributed by atoms with E-state index in [2.05, 4.69) is 0 Å². The Kier molecular flexibility index (Phi) is 1.37. The van der Waals surface area contributed by atoms with Crippen LogP contribution in [-0.4, -0.2) is 0 Å². The zero-order valence-corrected chi connectivity index (χ0v) is 10.8. The predicted molar refractivity (Wildman–Crippen MR) is 62.1 cm³/mol. The van der Waals surface area contributed by atoms with E-state index in [4.69, 9.17) is 0 Å². The van der Waals surface area contributed by atoms with Crippen LogP contribution >= 0.6 is 0 Å². The molecule has 0 N–H and O–H groups in total. The van der Waals surface area contributed by atoms with Gasteiger partial charge in [0.05, 0.1) is 41.8 Å². The van der Waals surface area contributed by atoms with Crippen molar-refractivity contribution in [3.8, 4) is 36.4 Å². The summed E-state index contributed by atoms with van der Waals surface area (Å²) in [6.45, 7) is 0. The minimum absolute atomic E-state index is 0.267. The highest BCUT2D eigenvalue weighted by Gasteiger charge is 3.22. The lowest BCUT2D eigenvalue weighted by Gasteiger charge is -1.95. The van der Waals surface area contributed by atoms with Gasteiger partial charge in [-0.05, 0) is 24.7 Å². The van der Waals surface area contributed by atoms with Crippen LogP contribution in [0.4, 0.5) is 0 Å². The molecule has 3 spiro atoms. The Morgan fingerprint density at radius 2 is 1.05 bits per heavy atom. The molecule has 4 saturated carbocycles. The van der Waals surface area contributed by atoms with Crippen LogP contribution in [0.3, 0.4) is 0 Å². The Hall–Kier alpha value is -3.06. The second-order valence-corrected chi connectivity index (χ2v) is 6.49. The number of nitriles is 6. The molecule has 21 heavy (non-hydrogen) atoms. The second-order valence-electron chi connectivity index (χ2n) is 6.49. The molecule has 0 amide bonds. The Morgan fingerprint density at radius 3 is 1.29 bits per heavy atom. The number of hydrogen-bond acceptors (Lipinski definition) is 6. The number of hydrogen-bond donors (Lipinski definition) is 0. The summed E-state index contributed by atoms with van der Waals surface area (Å²) < 4.78 is 0. The van der Waals surface area contributed by atoms with Gasteiger partial charge >= 0.3 is 0 Å². The maximum absolute atomic E-state index is 9.53. The van der Waals surface area contributed by atoms with Crippen LogP contribution in [0.1, 0.15) is 19.3 Å². The molecule has 6 heteroatoms. The van der Waals surface area contributed by atoms with Crippen LogP contribution in [0.5, 0.6) is 0 Å². The van der Waals surface area contributed by atoms with Gasteiger partial charge in [-0.25, -0.2) is 0 Å². The zero-order chi connectivity index (χ0) is 15.4. The SMILES string of the molecule is N#CC1(C#N)CC12C1(CC1)C21C(C#N)(C#N)C1(C#N)C#N. The minimum Gasteiger partial charge on any atom is -0.197 e. The molecule has 4 aliphatic rings. The molecule has 1 unspecified atom stereocenters. The van der Waals surface area contributed by atoms with E-state index in [1.807, 2.05) is 36.4 Å². The van der Waals surface area contributed by atoms with Gasteiger partial charge in [0.15, 0.2) is 16.2 Å². The van der Waals surface area contributed by atoms with Crippen molar-refractivity contribution in [3.05, 3.63) is 0 Å². The van der Waals surface area contributed by atoms with Crippen LogP contribution in [0.15, 0.2) is 0 Å².